The number of amides is 1. The lowest BCUT2D eigenvalue weighted by Gasteiger charge is -2.29. The molecule has 0 saturated carbocycles. The second-order valence-corrected chi connectivity index (χ2v) is 6.55. The summed E-state index contributed by atoms with van der Waals surface area (Å²) in [7, 11) is 5.56. The highest BCUT2D eigenvalue weighted by atomic mass is 16.6. The second kappa shape index (κ2) is 14.4. The molecule has 2 atom stereocenters. The number of nitrogens with two attached hydrogens (primary N) is 1. The van der Waals surface area contributed by atoms with E-state index in [0.717, 1.165) is 0 Å². The number of ketones is 1. The quantitative estimate of drug-likeness (QED) is 0.417. The summed E-state index contributed by atoms with van der Waals surface area (Å²) in [5.41, 5.74) is 4.47. The van der Waals surface area contributed by atoms with E-state index < -0.39 is 24.1 Å². The molecular weight excluding hydrogens is 332 g/mol. The number of ether oxygens (including phenoxy) is 1. The molecule has 0 aliphatic rings. The van der Waals surface area contributed by atoms with Crippen molar-refractivity contribution in [2.24, 2.45) is 5.73 Å². The number of rotatable bonds is 7. The summed E-state index contributed by atoms with van der Waals surface area (Å²) < 4.78 is 5.42. The minimum atomic E-state index is -1.28. The van der Waals surface area contributed by atoms with Crippen LogP contribution in [0.15, 0.2) is 0 Å². The average molecular weight is 364 g/mol. The van der Waals surface area contributed by atoms with Crippen LogP contribution in [0.5, 0.6) is 0 Å². The number of carbonyl (C=O) groups excluding carboxylic acids is 4. The van der Waals surface area contributed by atoms with E-state index >= 15 is 0 Å². The number of hydrogen-bond donors (Lipinski definition) is 2. The largest absolute Gasteiger partial charge is 0.550 e. The highest BCUT2D eigenvalue weighted by Gasteiger charge is 2.25. The number of carboxylic acid groups (broad SMARTS) is 1. The first-order valence-corrected chi connectivity index (χ1v) is 7.74. The topological polar surface area (TPSA) is 147 Å². The van der Waals surface area contributed by atoms with Crippen molar-refractivity contribution in [3.05, 3.63) is 0 Å². The Labute approximate surface area is 149 Å². The Balaban J connectivity index is -0.000000503. The van der Waals surface area contributed by atoms with E-state index in [4.69, 9.17) is 4.74 Å². The molecule has 3 N–H and O–H groups in total. The lowest BCUT2D eigenvalue weighted by atomic mass is 10.2. The van der Waals surface area contributed by atoms with Crippen molar-refractivity contribution in [2.75, 3.05) is 27.7 Å². The summed E-state index contributed by atoms with van der Waals surface area (Å²) >= 11 is 0. The van der Waals surface area contributed by atoms with Gasteiger partial charge in [0.1, 0.15) is 12.3 Å². The zero-order valence-electron chi connectivity index (χ0n) is 16.2. The molecule has 2 unspecified atom stereocenters. The van der Waals surface area contributed by atoms with Gasteiger partial charge in [-0.25, -0.2) is 4.79 Å². The van der Waals surface area contributed by atoms with Crippen molar-refractivity contribution in [1.29, 1.82) is 0 Å². The monoisotopic (exact) mass is 364 g/mol. The number of nitrogens with zero attached hydrogens (tertiary/aromatic N) is 1. The average Bonchev–Trinajstić information content (AvgIpc) is 2.33. The third-order valence-corrected chi connectivity index (χ3v) is 2.09. The van der Waals surface area contributed by atoms with E-state index in [2.05, 4.69) is 5.73 Å². The molecule has 148 valence electrons. The van der Waals surface area contributed by atoms with Gasteiger partial charge in [0.05, 0.1) is 21.1 Å². The number of primary amides is 1. The normalized spacial score (nSPS) is 12.3. The van der Waals surface area contributed by atoms with Crippen LogP contribution in [0.1, 0.15) is 40.5 Å². The van der Waals surface area contributed by atoms with Crippen LogP contribution >= 0.6 is 0 Å². The molecule has 0 spiro atoms. The summed E-state index contributed by atoms with van der Waals surface area (Å²) in [6, 6.07) is 0. The van der Waals surface area contributed by atoms with Gasteiger partial charge in [-0.2, -0.15) is 0 Å². The van der Waals surface area contributed by atoms with Gasteiger partial charge in [0.2, 0.25) is 5.91 Å². The minimum Gasteiger partial charge on any atom is -0.550 e. The number of esters is 1. The molecule has 0 aliphatic heterocycles. The van der Waals surface area contributed by atoms with Gasteiger partial charge in [0, 0.05) is 19.3 Å². The van der Waals surface area contributed by atoms with E-state index in [0.29, 0.717) is 11.0 Å². The van der Waals surface area contributed by atoms with E-state index in [1.165, 1.54) is 20.8 Å². The summed E-state index contributed by atoms with van der Waals surface area (Å²) in [5.74, 6) is -2.23. The molecule has 0 rings (SSSR count). The van der Waals surface area contributed by atoms with Gasteiger partial charge in [-0.05, 0) is 20.3 Å². The van der Waals surface area contributed by atoms with Crippen LogP contribution in [0.25, 0.3) is 0 Å². The van der Waals surface area contributed by atoms with E-state index in [-0.39, 0.29) is 24.5 Å². The molecule has 0 aliphatic carbocycles. The zero-order valence-corrected chi connectivity index (χ0v) is 16.2. The predicted molar refractivity (Wildman–Crippen MR) is 89.9 cm³/mol. The van der Waals surface area contributed by atoms with E-state index in [1.54, 1.807) is 6.92 Å². The van der Waals surface area contributed by atoms with Crippen molar-refractivity contribution in [1.82, 2.24) is 0 Å². The van der Waals surface area contributed by atoms with Crippen LogP contribution in [0.3, 0.4) is 0 Å². The van der Waals surface area contributed by atoms with Gasteiger partial charge in [0.15, 0.2) is 12.2 Å². The first-order chi connectivity index (χ1) is 11.1. The standard InChI is InChI=1S/C11H21NO5.C3H6O.C2H5NO/c1-5-9(13)11(16)17-8(6-10(14)15)7-12(2,3)4;1-3(2)4;1-2(3)4/h8-9,13H,5-7H2,1-4H3;1-2H3;1H3,(H2,3,4). The fourth-order valence-electron chi connectivity index (χ4n) is 1.35. The number of likely N-dealkylation sites (N-methyl/N-ethyl adjacent to an activating group) is 1. The Morgan fingerprint density at radius 3 is 1.72 bits per heavy atom. The third-order valence-electron chi connectivity index (χ3n) is 2.09. The molecule has 0 fully saturated rings. The number of aliphatic carboxylic acids is 1. The second-order valence-electron chi connectivity index (χ2n) is 6.55. The minimum absolute atomic E-state index is 0.167. The summed E-state index contributed by atoms with van der Waals surface area (Å²) in [6.45, 7) is 6.34. The van der Waals surface area contributed by atoms with Crippen molar-refractivity contribution in [3.63, 3.8) is 0 Å². The molecule has 0 aromatic carbocycles. The summed E-state index contributed by atoms with van der Waals surface area (Å²) in [4.78, 5) is 40.6. The Kier molecular flexibility index (Phi) is 16.0. The maximum atomic E-state index is 11.4. The van der Waals surface area contributed by atoms with Gasteiger partial charge in [0.25, 0.3) is 0 Å². The number of quaternary nitrogens is 1. The lowest BCUT2D eigenvalue weighted by Crippen LogP contribution is -2.46. The van der Waals surface area contributed by atoms with Gasteiger partial charge < -0.3 is 34.8 Å². The molecule has 0 aromatic rings. The van der Waals surface area contributed by atoms with Crippen molar-refractivity contribution in [3.8, 4) is 0 Å². The molecule has 0 radical (unpaired) electrons. The van der Waals surface area contributed by atoms with Gasteiger partial charge in [-0.15, -0.1) is 0 Å². The van der Waals surface area contributed by atoms with Gasteiger partial charge in [-0.1, -0.05) is 6.92 Å². The zero-order chi connectivity index (χ0) is 20.8. The smallest absolute Gasteiger partial charge is 0.335 e. The molecule has 0 bridgehead atoms. The number of Topliss-reactive ketones (excluding diaryl/α,β-unsaturated/α-hetero) is 1. The fourth-order valence-corrected chi connectivity index (χ4v) is 1.35. The predicted octanol–water partition coefficient (Wildman–Crippen LogP) is -1.40. The molecule has 9 heteroatoms. The number of carbonyl (C=O) groups is 4. The molecule has 0 heterocycles. The number of hydrogen-bond acceptors (Lipinski definition) is 7. The van der Waals surface area contributed by atoms with Crippen molar-refractivity contribution in [2.45, 2.75) is 52.7 Å². The SMILES string of the molecule is CC(C)=O.CC(N)=O.CCC(O)C(=O)OC(CC(=O)[O-])C[N+](C)(C)C. The number of aliphatic hydroxyl groups is 1. The Hall–Kier alpha value is -2.00. The van der Waals surface area contributed by atoms with Crippen LogP contribution in [0.2, 0.25) is 0 Å². The van der Waals surface area contributed by atoms with Crippen LogP contribution in [-0.4, -0.2) is 73.1 Å². The number of carboxylic acids is 1. The van der Waals surface area contributed by atoms with Gasteiger partial charge in [-0.3, -0.25) is 4.79 Å². The van der Waals surface area contributed by atoms with Crippen molar-refractivity contribution >= 4 is 23.6 Å². The van der Waals surface area contributed by atoms with E-state index in [1.807, 2.05) is 21.1 Å². The fraction of sp³-hybridized carbons (Fsp3) is 0.750. The van der Waals surface area contributed by atoms with Crippen LogP contribution in [-0.2, 0) is 23.9 Å². The first kappa shape index (κ1) is 27.8. The van der Waals surface area contributed by atoms with E-state index in [9.17, 15) is 29.4 Å². The summed E-state index contributed by atoms with van der Waals surface area (Å²) in [5, 5.41) is 19.8. The third kappa shape index (κ3) is 30.4. The Morgan fingerprint density at radius 2 is 1.48 bits per heavy atom. The highest BCUT2D eigenvalue weighted by Crippen LogP contribution is 2.07. The number of aliphatic hydroxyl groups excluding tert-OH is 1. The maximum absolute atomic E-state index is 11.4. The molecule has 1 amide bonds. The summed E-state index contributed by atoms with van der Waals surface area (Å²) in [6.07, 6.45) is -2.11. The van der Waals surface area contributed by atoms with Gasteiger partial charge >= 0.3 is 5.97 Å². The molecule has 25 heavy (non-hydrogen) atoms. The van der Waals surface area contributed by atoms with Crippen LogP contribution in [0, 0.1) is 0 Å². The highest BCUT2D eigenvalue weighted by molar-refractivity contribution is 5.75. The van der Waals surface area contributed by atoms with Crippen LogP contribution in [0.4, 0.5) is 0 Å². The Bertz CT molecular complexity index is 411. The first-order valence-electron chi connectivity index (χ1n) is 7.74. The lowest BCUT2D eigenvalue weighted by molar-refractivity contribution is -0.873. The Morgan fingerprint density at radius 1 is 1.12 bits per heavy atom. The molecule has 9 nitrogen and oxygen atoms in total. The molecule has 0 aromatic heterocycles. The maximum Gasteiger partial charge on any atom is 0.335 e. The van der Waals surface area contributed by atoms with Crippen LogP contribution < -0.4 is 10.8 Å². The molecular formula is C16H32N2O7. The van der Waals surface area contributed by atoms with Crippen molar-refractivity contribution < 1.29 is 38.6 Å². The molecule has 0 saturated heterocycles.